The van der Waals surface area contributed by atoms with E-state index in [-0.39, 0.29) is 10.5 Å². The number of hydrogen-bond acceptors (Lipinski definition) is 2. The molecule has 0 N–H and O–H groups in total. The molecule has 0 radical (unpaired) electrons. The zero-order valence-corrected chi connectivity index (χ0v) is 11.1. The van der Waals surface area contributed by atoms with E-state index in [1.165, 1.54) is 22.8 Å². The van der Waals surface area contributed by atoms with Gasteiger partial charge >= 0.3 is 0 Å². The summed E-state index contributed by atoms with van der Waals surface area (Å²) in [6.07, 6.45) is 3.45. The second-order valence-corrected chi connectivity index (χ2v) is 5.09. The highest BCUT2D eigenvalue weighted by Crippen LogP contribution is 2.15. The third-order valence-electron chi connectivity index (χ3n) is 1.42. The average molecular weight is 268 g/mol. The number of carbonyl (C=O) groups is 1. The highest BCUT2D eigenvalue weighted by Gasteiger charge is 2.12. The van der Waals surface area contributed by atoms with Gasteiger partial charge in [0.2, 0.25) is 0 Å². The number of hydrogen-bond donors (Lipinski definition) is 0. The maximum atomic E-state index is 11.7. The second kappa shape index (κ2) is 9.13. The van der Waals surface area contributed by atoms with Crippen LogP contribution in [0.3, 0.4) is 0 Å². The lowest BCUT2D eigenvalue weighted by Crippen LogP contribution is -2.28. The molecule has 0 saturated heterocycles. The summed E-state index contributed by atoms with van der Waals surface area (Å²) in [4.78, 5) is 13.4. The molecule has 1 amide bonds. The van der Waals surface area contributed by atoms with Gasteiger partial charge in [-0.25, -0.2) is 0 Å². The minimum absolute atomic E-state index is 0.0366. The maximum Gasteiger partial charge on any atom is 0.282 e. The van der Waals surface area contributed by atoms with Crippen LogP contribution in [0.4, 0.5) is 4.79 Å². The highest BCUT2D eigenvalue weighted by molar-refractivity contribution is 8.14. The molecule has 5 heteroatoms. The van der Waals surface area contributed by atoms with Crippen molar-refractivity contribution in [3.05, 3.63) is 23.2 Å². The van der Waals surface area contributed by atoms with Gasteiger partial charge in [0.1, 0.15) is 0 Å². The van der Waals surface area contributed by atoms with E-state index in [2.05, 4.69) is 0 Å². The molecule has 0 aromatic carbocycles. The van der Waals surface area contributed by atoms with Crippen LogP contribution in [0, 0.1) is 0 Å². The Hall–Kier alpha value is -0.120. The minimum Gasteiger partial charge on any atom is -0.326 e. The van der Waals surface area contributed by atoms with Gasteiger partial charge in [0.25, 0.3) is 5.24 Å². The Labute approximate surface area is 105 Å². The standard InChI is InChI=1S/C10H15Cl2NOS/c1-9(2)15-10(14)13(7-3-5-11)8-4-6-12/h3-6,9H,7-8H2,1-2H3. The fraction of sp³-hybridized carbons (Fsp3) is 0.500. The minimum atomic E-state index is 0.0366. The molecule has 2 nitrogen and oxygen atoms in total. The molecule has 0 unspecified atom stereocenters. The van der Waals surface area contributed by atoms with Crippen molar-refractivity contribution in [2.24, 2.45) is 0 Å². The predicted octanol–water partition coefficient (Wildman–Crippen LogP) is 4.06. The van der Waals surface area contributed by atoms with Gasteiger partial charge in [-0.2, -0.15) is 0 Å². The molecule has 0 heterocycles. The van der Waals surface area contributed by atoms with Crippen molar-refractivity contribution in [1.82, 2.24) is 4.90 Å². The molecule has 0 aliphatic carbocycles. The predicted molar refractivity (Wildman–Crippen MR) is 69.7 cm³/mol. The summed E-state index contributed by atoms with van der Waals surface area (Å²) in [7, 11) is 0. The fourth-order valence-electron chi connectivity index (χ4n) is 0.834. The van der Waals surface area contributed by atoms with Gasteiger partial charge in [0.15, 0.2) is 0 Å². The molecule has 0 rings (SSSR count). The van der Waals surface area contributed by atoms with Crippen LogP contribution in [0.25, 0.3) is 0 Å². The Kier molecular flexibility index (Phi) is 9.06. The average Bonchev–Trinajstić information content (AvgIpc) is 2.17. The Morgan fingerprint density at radius 3 is 2.07 bits per heavy atom. The third kappa shape index (κ3) is 7.77. The van der Waals surface area contributed by atoms with Crippen LogP contribution in [0.15, 0.2) is 23.2 Å². The van der Waals surface area contributed by atoms with Crippen molar-refractivity contribution in [3.8, 4) is 0 Å². The smallest absolute Gasteiger partial charge is 0.282 e. The van der Waals surface area contributed by atoms with Crippen LogP contribution in [0.1, 0.15) is 13.8 Å². The lowest BCUT2D eigenvalue weighted by atomic mass is 10.5. The van der Waals surface area contributed by atoms with Crippen LogP contribution in [0.2, 0.25) is 0 Å². The number of carbonyl (C=O) groups excluding carboxylic acids is 1. The van der Waals surface area contributed by atoms with Crippen LogP contribution in [-0.2, 0) is 0 Å². The van der Waals surface area contributed by atoms with Crippen molar-refractivity contribution in [2.75, 3.05) is 13.1 Å². The third-order valence-corrected chi connectivity index (χ3v) is 2.71. The van der Waals surface area contributed by atoms with E-state index in [9.17, 15) is 4.79 Å². The van der Waals surface area contributed by atoms with Crippen molar-refractivity contribution < 1.29 is 4.79 Å². The molecule has 0 spiro atoms. The van der Waals surface area contributed by atoms with E-state index in [1.807, 2.05) is 13.8 Å². The van der Waals surface area contributed by atoms with E-state index in [1.54, 1.807) is 17.1 Å². The zero-order valence-electron chi connectivity index (χ0n) is 8.82. The summed E-state index contributed by atoms with van der Waals surface area (Å²) in [5.41, 5.74) is 2.81. The van der Waals surface area contributed by atoms with Gasteiger partial charge < -0.3 is 4.90 Å². The van der Waals surface area contributed by atoms with Crippen molar-refractivity contribution >= 4 is 40.2 Å². The zero-order chi connectivity index (χ0) is 11.7. The van der Waals surface area contributed by atoms with Gasteiger partial charge in [-0.1, -0.05) is 61.0 Å². The molecule has 0 aliphatic heterocycles. The van der Waals surface area contributed by atoms with Crippen molar-refractivity contribution in [1.29, 1.82) is 0 Å². The van der Waals surface area contributed by atoms with Gasteiger partial charge in [-0.05, 0) is 0 Å². The Bertz CT molecular complexity index is 228. The Balaban J connectivity index is 4.26. The molecule has 15 heavy (non-hydrogen) atoms. The summed E-state index contributed by atoms with van der Waals surface area (Å²) in [5.74, 6) is 0. The molecular formula is C10H15Cl2NOS. The summed E-state index contributed by atoms with van der Waals surface area (Å²) < 4.78 is 0. The Morgan fingerprint density at radius 1 is 1.27 bits per heavy atom. The molecule has 86 valence electrons. The van der Waals surface area contributed by atoms with E-state index >= 15 is 0 Å². The van der Waals surface area contributed by atoms with Crippen LogP contribution in [0.5, 0.6) is 0 Å². The van der Waals surface area contributed by atoms with E-state index < -0.39 is 0 Å². The van der Waals surface area contributed by atoms with Crippen LogP contribution < -0.4 is 0 Å². The first-order valence-corrected chi connectivity index (χ1v) is 6.33. The number of halogens is 2. The monoisotopic (exact) mass is 267 g/mol. The summed E-state index contributed by atoms with van der Waals surface area (Å²) in [6, 6.07) is 0. The fourth-order valence-corrected chi connectivity index (χ4v) is 1.69. The van der Waals surface area contributed by atoms with E-state index in [0.29, 0.717) is 13.1 Å². The normalized spacial score (nSPS) is 11.8. The summed E-state index contributed by atoms with van der Waals surface area (Å²) in [6.45, 7) is 4.97. The van der Waals surface area contributed by atoms with E-state index in [4.69, 9.17) is 23.2 Å². The lowest BCUT2D eigenvalue weighted by molar-refractivity contribution is 0.233. The first-order valence-electron chi connectivity index (χ1n) is 4.57. The molecular weight excluding hydrogens is 253 g/mol. The summed E-state index contributed by atoms with van der Waals surface area (Å²) >= 11 is 12.1. The topological polar surface area (TPSA) is 20.3 Å². The lowest BCUT2D eigenvalue weighted by Gasteiger charge is -2.19. The molecule has 0 aromatic heterocycles. The maximum absolute atomic E-state index is 11.7. The van der Waals surface area contributed by atoms with Crippen molar-refractivity contribution in [2.45, 2.75) is 19.1 Å². The molecule has 0 atom stereocenters. The first kappa shape index (κ1) is 14.9. The van der Waals surface area contributed by atoms with Crippen LogP contribution in [-0.4, -0.2) is 28.5 Å². The first-order chi connectivity index (χ1) is 7.11. The van der Waals surface area contributed by atoms with Crippen molar-refractivity contribution in [3.63, 3.8) is 0 Å². The molecule has 0 bridgehead atoms. The molecule has 0 aromatic rings. The molecule has 0 aliphatic rings. The largest absolute Gasteiger partial charge is 0.326 e. The molecule has 0 saturated carbocycles. The SMILES string of the molecule is CC(C)SC(=O)N(CC=CCl)CC=CCl. The number of amides is 1. The number of nitrogens with zero attached hydrogens (tertiary/aromatic N) is 1. The van der Waals surface area contributed by atoms with Gasteiger partial charge in [0, 0.05) is 29.4 Å². The van der Waals surface area contributed by atoms with Crippen LogP contribution >= 0.6 is 35.0 Å². The van der Waals surface area contributed by atoms with Gasteiger partial charge in [-0.3, -0.25) is 4.79 Å². The number of thioether (sulfide) groups is 1. The number of rotatable bonds is 5. The molecule has 0 fully saturated rings. The Morgan fingerprint density at radius 2 is 1.73 bits per heavy atom. The highest BCUT2D eigenvalue weighted by atomic mass is 35.5. The van der Waals surface area contributed by atoms with E-state index in [0.717, 1.165) is 0 Å². The van der Waals surface area contributed by atoms with Gasteiger partial charge in [-0.15, -0.1) is 0 Å². The second-order valence-electron chi connectivity index (χ2n) is 3.06. The van der Waals surface area contributed by atoms with Gasteiger partial charge in [0.05, 0.1) is 0 Å². The quantitative estimate of drug-likeness (QED) is 0.749. The summed E-state index contributed by atoms with van der Waals surface area (Å²) in [5, 5.41) is 0.314.